The first-order valence-electron chi connectivity index (χ1n) is 9.74. The molecule has 0 aromatic heterocycles. The Balaban J connectivity index is 1.77. The maximum Gasteiger partial charge on any atom is 0.258 e. The van der Waals surface area contributed by atoms with Gasteiger partial charge in [0.2, 0.25) is 0 Å². The zero-order chi connectivity index (χ0) is 20.4. The van der Waals surface area contributed by atoms with Crippen LogP contribution in [0.25, 0.3) is 0 Å². The van der Waals surface area contributed by atoms with Crippen molar-refractivity contribution in [3.8, 4) is 11.5 Å². The van der Waals surface area contributed by atoms with Gasteiger partial charge in [0.05, 0.1) is 12.2 Å². The Labute approximate surface area is 170 Å². The maximum absolute atomic E-state index is 13.4. The number of hydrogen-bond donors (Lipinski definition) is 2. The van der Waals surface area contributed by atoms with E-state index in [2.05, 4.69) is 5.32 Å². The molecule has 148 valence electrons. The standard InChI is InChI=1S/C24H24N2O3/c1-3-29-18-12-13-22(27)20(14-18)23-25-21-7-5-4-6-19(21)24(28)26(23)15-17-10-8-16(2)9-11-17/h4-14,23,25,27H,3,15H2,1-2H3/t23-/m1/s1. The second-order valence-electron chi connectivity index (χ2n) is 7.16. The fourth-order valence-electron chi connectivity index (χ4n) is 3.60. The number of anilines is 1. The van der Waals surface area contributed by atoms with E-state index in [1.165, 1.54) is 5.56 Å². The number of hydrogen-bond acceptors (Lipinski definition) is 4. The van der Waals surface area contributed by atoms with Gasteiger partial charge in [-0.15, -0.1) is 0 Å². The van der Waals surface area contributed by atoms with Crippen molar-refractivity contribution in [3.05, 3.63) is 89.0 Å². The highest BCUT2D eigenvalue weighted by Crippen LogP contribution is 2.38. The van der Waals surface area contributed by atoms with E-state index in [4.69, 9.17) is 4.74 Å². The fraction of sp³-hybridized carbons (Fsp3) is 0.208. The van der Waals surface area contributed by atoms with Crippen LogP contribution in [0.4, 0.5) is 5.69 Å². The zero-order valence-corrected chi connectivity index (χ0v) is 16.6. The Morgan fingerprint density at radius 3 is 2.59 bits per heavy atom. The van der Waals surface area contributed by atoms with Gasteiger partial charge < -0.3 is 20.1 Å². The quantitative estimate of drug-likeness (QED) is 0.655. The number of nitrogens with one attached hydrogen (secondary N) is 1. The normalized spacial score (nSPS) is 15.6. The van der Waals surface area contributed by atoms with Crippen molar-refractivity contribution in [3.63, 3.8) is 0 Å². The van der Waals surface area contributed by atoms with E-state index in [1.54, 1.807) is 23.1 Å². The number of amides is 1. The SMILES string of the molecule is CCOc1ccc(O)c([C@@H]2Nc3ccccc3C(=O)N2Cc2ccc(C)cc2)c1. The average molecular weight is 388 g/mol. The van der Waals surface area contributed by atoms with Crippen molar-refractivity contribution in [2.75, 3.05) is 11.9 Å². The summed E-state index contributed by atoms with van der Waals surface area (Å²) in [4.78, 5) is 15.1. The third-order valence-corrected chi connectivity index (χ3v) is 5.10. The largest absolute Gasteiger partial charge is 0.508 e. The summed E-state index contributed by atoms with van der Waals surface area (Å²) in [6.45, 7) is 4.89. The average Bonchev–Trinajstić information content (AvgIpc) is 2.73. The Hall–Kier alpha value is -3.47. The van der Waals surface area contributed by atoms with Crippen molar-refractivity contribution >= 4 is 11.6 Å². The Kier molecular flexibility index (Phi) is 5.12. The van der Waals surface area contributed by atoms with Crippen molar-refractivity contribution in [2.45, 2.75) is 26.6 Å². The summed E-state index contributed by atoms with van der Waals surface area (Å²) in [5.41, 5.74) is 4.17. The second-order valence-corrected chi connectivity index (χ2v) is 7.16. The van der Waals surface area contributed by atoms with Gasteiger partial charge in [-0.2, -0.15) is 0 Å². The van der Waals surface area contributed by atoms with E-state index in [0.717, 1.165) is 11.3 Å². The van der Waals surface area contributed by atoms with Gasteiger partial charge in [0.1, 0.15) is 17.7 Å². The van der Waals surface area contributed by atoms with Gasteiger partial charge in [-0.05, 0) is 49.7 Å². The number of aromatic hydroxyl groups is 1. The van der Waals surface area contributed by atoms with Crippen LogP contribution in [0.5, 0.6) is 11.5 Å². The molecule has 5 heteroatoms. The predicted molar refractivity (Wildman–Crippen MR) is 113 cm³/mol. The number of nitrogens with zero attached hydrogens (tertiary/aromatic N) is 1. The third-order valence-electron chi connectivity index (χ3n) is 5.10. The van der Waals surface area contributed by atoms with Gasteiger partial charge in [-0.1, -0.05) is 42.0 Å². The second kappa shape index (κ2) is 7.87. The minimum atomic E-state index is -0.515. The summed E-state index contributed by atoms with van der Waals surface area (Å²) in [5, 5.41) is 14.0. The molecular formula is C24H24N2O3. The summed E-state index contributed by atoms with van der Waals surface area (Å²) >= 11 is 0. The highest BCUT2D eigenvalue weighted by atomic mass is 16.5. The number of carbonyl (C=O) groups excluding carboxylic acids is 1. The Bertz CT molecular complexity index is 1030. The molecule has 0 saturated heterocycles. The van der Waals surface area contributed by atoms with E-state index in [0.29, 0.717) is 30.0 Å². The minimum absolute atomic E-state index is 0.0777. The number of phenolic OH excluding ortho intramolecular Hbond substituents is 1. The first kappa shape index (κ1) is 18.9. The molecule has 0 unspecified atom stereocenters. The molecule has 0 spiro atoms. The van der Waals surface area contributed by atoms with Crippen LogP contribution >= 0.6 is 0 Å². The van der Waals surface area contributed by atoms with Gasteiger partial charge in [0.25, 0.3) is 5.91 Å². The maximum atomic E-state index is 13.4. The molecule has 1 aliphatic rings. The summed E-state index contributed by atoms with van der Waals surface area (Å²) in [6, 6.07) is 20.7. The van der Waals surface area contributed by atoms with Crippen LogP contribution in [0.2, 0.25) is 0 Å². The summed E-state index contributed by atoms with van der Waals surface area (Å²) in [5.74, 6) is 0.696. The first-order chi connectivity index (χ1) is 14.1. The molecule has 0 aliphatic carbocycles. The third kappa shape index (κ3) is 3.76. The van der Waals surface area contributed by atoms with Gasteiger partial charge >= 0.3 is 0 Å². The van der Waals surface area contributed by atoms with Crippen molar-refractivity contribution in [1.82, 2.24) is 4.90 Å². The summed E-state index contributed by atoms with van der Waals surface area (Å²) in [6.07, 6.45) is -0.515. The lowest BCUT2D eigenvalue weighted by atomic mass is 10.0. The van der Waals surface area contributed by atoms with Crippen molar-refractivity contribution in [1.29, 1.82) is 0 Å². The predicted octanol–water partition coefficient (Wildman–Crippen LogP) is 4.87. The molecule has 0 fully saturated rings. The number of phenols is 1. The minimum Gasteiger partial charge on any atom is -0.508 e. The molecule has 1 aliphatic heterocycles. The van der Waals surface area contributed by atoms with E-state index in [9.17, 15) is 9.90 Å². The van der Waals surface area contributed by atoms with Crippen LogP contribution in [0, 0.1) is 6.92 Å². The molecule has 0 bridgehead atoms. The number of benzene rings is 3. The lowest BCUT2D eigenvalue weighted by molar-refractivity contribution is 0.0664. The van der Waals surface area contributed by atoms with Crippen LogP contribution in [-0.2, 0) is 6.54 Å². The van der Waals surface area contributed by atoms with Crippen LogP contribution in [0.1, 0.15) is 40.1 Å². The van der Waals surface area contributed by atoms with Gasteiger partial charge in [-0.3, -0.25) is 4.79 Å². The Morgan fingerprint density at radius 2 is 1.83 bits per heavy atom. The highest BCUT2D eigenvalue weighted by molar-refractivity contribution is 6.01. The van der Waals surface area contributed by atoms with E-state index >= 15 is 0 Å². The molecule has 5 nitrogen and oxygen atoms in total. The molecule has 0 radical (unpaired) electrons. The molecule has 3 aromatic carbocycles. The van der Waals surface area contributed by atoms with Crippen LogP contribution in [0.3, 0.4) is 0 Å². The molecule has 2 N–H and O–H groups in total. The van der Waals surface area contributed by atoms with E-state index in [1.807, 2.05) is 62.4 Å². The number of ether oxygens (including phenoxy) is 1. The number of aryl methyl sites for hydroxylation is 1. The van der Waals surface area contributed by atoms with Crippen molar-refractivity contribution in [2.24, 2.45) is 0 Å². The van der Waals surface area contributed by atoms with Crippen LogP contribution < -0.4 is 10.1 Å². The smallest absolute Gasteiger partial charge is 0.258 e. The molecule has 0 saturated carbocycles. The van der Waals surface area contributed by atoms with Crippen LogP contribution in [0.15, 0.2) is 66.7 Å². The number of carbonyl (C=O) groups is 1. The number of rotatable bonds is 5. The monoisotopic (exact) mass is 388 g/mol. The molecule has 29 heavy (non-hydrogen) atoms. The highest BCUT2D eigenvalue weighted by Gasteiger charge is 2.34. The molecule has 4 rings (SSSR count). The van der Waals surface area contributed by atoms with Crippen molar-refractivity contribution < 1.29 is 14.6 Å². The summed E-state index contributed by atoms with van der Waals surface area (Å²) in [7, 11) is 0. The zero-order valence-electron chi connectivity index (χ0n) is 16.6. The fourth-order valence-corrected chi connectivity index (χ4v) is 3.60. The number of fused-ring (bicyclic) bond motifs is 1. The van der Waals surface area contributed by atoms with Crippen LogP contribution in [-0.4, -0.2) is 22.5 Å². The molecule has 1 amide bonds. The first-order valence-corrected chi connectivity index (χ1v) is 9.74. The van der Waals surface area contributed by atoms with Gasteiger partial charge in [0.15, 0.2) is 0 Å². The molecular weight excluding hydrogens is 364 g/mol. The number of para-hydroxylation sites is 1. The van der Waals surface area contributed by atoms with Gasteiger partial charge in [0, 0.05) is 17.8 Å². The molecule has 1 atom stereocenters. The van der Waals surface area contributed by atoms with E-state index < -0.39 is 6.17 Å². The molecule has 1 heterocycles. The van der Waals surface area contributed by atoms with E-state index in [-0.39, 0.29) is 11.7 Å². The lowest BCUT2D eigenvalue weighted by Gasteiger charge is -2.38. The summed E-state index contributed by atoms with van der Waals surface area (Å²) < 4.78 is 5.61. The molecule has 3 aromatic rings. The Morgan fingerprint density at radius 1 is 1.07 bits per heavy atom. The topological polar surface area (TPSA) is 61.8 Å². The van der Waals surface area contributed by atoms with Gasteiger partial charge in [-0.25, -0.2) is 0 Å². The lowest BCUT2D eigenvalue weighted by Crippen LogP contribution is -2.42.